The number of piperidine rings is 1. The number of likely N-dealkylation sites (tertiary alicyclic amines) is 1. The van der Waals surface area contributed by atoms with Crippen LogP contribution in [0, 0.1) is 6.92 Å². The zero-order valence-corrected chi connectivity index (χ0v) is 20.3. The molecule has 0 atom stereocenters. The van der Waals surface area contributed by atoms with Gasteiger partial charge in [-0.2, -0.15) is 4.37 Å². The normalized spacial score (nSPS) is 17.4. The summed E-state index contributed by atoms with van der Waals surface area (Å²) in [7, 11) is 0. The summed E-state index contributed by atoms with van der Waals surface area (Å²) in [6, 6.07) is 12.2. The summed E-state index contributed by atoms with van der Waals surface area (Å²) in [6.07, 6.45) is 4.21. The fourth-order valence-electron chi connectivity index (χ4n) is 4.44. The minimum atomic E-state index is -0.470. The van der Waals surface area contributed by atoms with Crippen LogP contribution in [0.3, 0.4) is 0 Å². The Morgan fingerprint density at radius 2 is 1.91 bits per heavy atom. The summed E-state index contributed by atoms with van der Waals surface area (Å²) < 4.78 is 21.7. The number of ether oxygens (including phenoxy) is 2. The van der Waals surface area contributed by atoms with Crippen LogP contribution < -0.4 is 4.90 Å². The van der Waals surface area contributed by atoms with E-state index in [1.807, 2.05) is 17.0 Å². The van der Waals surface area contributed by atoms with Gasteiger partial charge in [-0.1, -0.05) is 29.8 Å². The molecule has 1 amide bonds. The molecule has 4 heterocycles. The summed E-state index contributed by atoms with van der Waals surface area (Å²) >= 11 is 1.37. The SMILES string of the molecule is Cc1ccc(Cc2nsc(N(CCC(=O)N3CCC4(CC3)OCCO4)Cc3ccco3)n2)cc1. The van der Waals surface area contributed by atoms with E-state index in [-0.39, 0.29) is 5.91 Å². The quantitative estimate of drug-likeness (QED) is 0.483. The van der Waals surface area contributed by atoms with Gasteiger partial charge in [-0.25, -0.2) is 4.98 Å². The lowest BCUT2D eigenvalue weighted by molar-refractivity contribution is -0.187. The van der Waals surface area contributed by atoms with E-state index in [9.17, 15) is 4.79 Å². The molecule has 8 nitrogen and oxygen atoms in total. The number of amides is 1. The molecule has 1 aromatic carbocycles. The molecule has 1 spiro atoms. The fourth-order valence-corrected chi connectivity index (χ4v) is 5.15. The molecule has 0 N–H and O–H groups in total. The number of aryl methyl sites for hydroxylation is 1. The maximum absolute atomic E-state index is 13.0. The Balaban J connectivity index is 1.21. The summed E-state index contributed by atoms with van der Waals surface area (Å²) in [5.74, 6) is 1.29. The topological polar surface area (TPSA) is 80.9 Å². The Morgan fingerprint density at radius 3 is 2.62 bits per heavy atom. The van der Waals surface area contributed by atoms with Crippen molar-refractivity contribution in [2.45, 2.75) is 44.9 Å². The van der Waals surface area contributed by atoms with Crippen molar-refractivity contribution in [2.75, 3.05) is 37.7 Å². The van der Waals surface area contributed by atoms with Crippen LogP contribution in [-0.2, 0) is 27.2 Å². The van der Waals surface area contributed by atoms with Crippen molar-refractivity contribution in [2.24, 2.45) is 0 Å². The van der Waals surface area contributed by atoms with Crippen LogP contribution in [-0.4, -0.2) is 58.8 Å². The second-order valence-corrected chi connectivity index (χ2v) is 9.63. The number of hydrogen-bond acceptors (Lipinski definition) is 8. The van der Waals surface area contributed by atoms with E-state index in [2.05, 4.69) is 40.5 Å². The van der Waals surface area contributed by atoms with E-state index in [1.54, 1.807) is 6.26 Å². The van der Waals surface area contributed by atoms with Crippen LogP contribution in [0.25, 0.3) is 0 Å². The highest BCUT2D eigenvalue weighted by molar-refractivity contribution is 7.09. The van der Waals surface area contributed by atoms with Crippen LogP contribution in [0.1, 0.15) is 42.0 Å². The van der Waals surface area contributed by atoms with Gasteiger partial charge < -0.3 is 23.7 Å². The van der Waals surface area contributed by atoms with Crippen LogP contribution in [0.5, 0.6) is 0 Å². The van der Waals surface area contributed by atoms with Gasteiger partial charge in [-0.15, -0.1) is 0 Å². The Labute approximate surface area is 203 Å². The number of furan rings is 1. The largest absolute Gasteiger partial charge is 0.467 e. The van der Waals surface area contributed by atoms with Crippen molar-refractivity contribution in [3.05, 3.63) is 65.4 Å². The molecule has 34 heavy (non-hydrogen) atoms. The van der Waals surface area contributed by atoms with Crippen LogP contribution in [0.15, 0.2) is 47.1 Å². The number of benzene rings is 1. The summed E-state index contributed by atoms with van der Waals surface area (Å²) in [6.45, 7) is 5.78. The zero-order valence-electron chi connectivity index (χ0n) is 19.4. The number of carbonyl (C=O) groups excluding carboxylic acids is 1. The van der Waals surface area contributed by atoms with Gasteiger partial charge in [0.25, 0.3) is 0 Å². The highest BCUT2D eigenvalue weighted by Crippen LogP contribution is 2.31. The van der Waals surface area contributed by atoms with Crippen LogP contribution in [0.2, 0.25) is 0 Å². The molecule has 2 aliphatic rings. The first-order valence-corrected chi connectivity index (χ1v) is 12.6. The van der Waals surface area contributed by atoms with Crippen molar-refractivity contribution < 1.29 is 18.7 Å². The first-order valence-electron chi connectivity index (χ1n) is 11.8. The van der Waals surface area contributed by atoms with E-state index in [0.717, 1.165) is 29.6 Å². The van der Waals surface area contributed by atoms with E-state index in [1.165, 1.54) is 22.7 Å². The summed E-state index contributed by atoms with van der Waals surface area (Å²) in [4.78, 5) is 21.8. The Hall–Kier alpha value is -2.75. The number of hydrogen-bond donors (Lipinski definition) is 0. The molecular formula is C25H30N4O4S. The molecular weight excluding hydrogens is 452 g/mol. The third-order valence-electron chi connectivity index (χ3n) is 6.42. The van der Waals surface area contributed by atoms with Gasteiger partial charge in [-0.05, 0) is 24.6 Å². The highest BCUT2D eigenvalue weighted by Gasteiger charge is 2.40. The van der Waals surface area contributed by atoms with Crippen molar-refractivity contribution in [1.29, 1.82) is 0 Å². The van der Waals surface area contributed by atoms with Gasteiger partial charge in [0.05, 0.1) is 26.0 Å². The molecule has 2 aromatic heterocycles. The molecule has 2 aliphatic heterocycles. The summed E-state index contributed by atoms with van der Waals surface area (Å²) in [5.41, 5.74) is 2.41. The molecule has 180 valence electrons. The Bertz CT molecular complexity index is 1070. The number of anilines is 1. The first-order chi connectivity index (χ1) is 16.6. The molecule has 2 fully saturated rings. The van der Waals surface area contributed by atoms with Crippen molar-refractivity contribution in [3.8, 4) is 0 Å². The van der Waals surface area contributed by atoms with Crippen LogP contribution >= 0.6 is 11.5 Å². The van der Waals surface area contributed by atoms with Crippen molar-refractivity contribution in [1.82, 2.24) is 14.3 Å². The Kier molecular flexibility index (Phi) is 6.94. The number of nitrogens with zero attached hydrogens (tertiary/aromatic N) is 4. The number of carbonyl (C=O) groups is 1. The predicted molar refractivity (Wildman–Crippen MR) is 129 cm³/mol. The van der Waals surface area contributed by atoms with Gasteiger partial charge in [0, 0.05) is 56.9 Å². The molecule has 5 rings (SSSR count). The molecule has 0 aliphatic carbocycles. The third-order valence-corrected chi connectivity index (χ3v) is 7.24. The van der Waals surface area contributed by atoms with Gasteiger partial charge in [0.2, 0.25) is 11.0 Å². The predicted octanol–water partition coefficient (Wildman–Crippen LogP) is 3.79. The molecule has 0 bridgehead atoms. The van der Waals surface area contributed by atoms with E-state index < -0.39 is 5.79 Å². The van der Waals surface area contributed by atoms with Crippen molar-refractivity contribution in [3.63, 3.8) is 0 Å². The third kappa shape index (κ3) is 5.48. The van der Waals surface area contributed by atoms with Gasteiger partial charge in [0.1, 0.15) is 11.6 Å². The maximum Gasteiger partial charge on any atom is 0.224 e. The van der Waals surface area contributed by atoms with Crippen LogP contribution in [0.4, 0.5) is 5.13 Å². The number of rotatable bonds is 8. The minimum absolute atomic E-state index is 0.140. The summed E-state index contributed by atoms with van der Waals surface area (Å²) in [5, 5.41) is 0.802. The zero-order chi connectivity index (χ0) is 23.4. The molecule has 3 aromatic rings. The van der Waals surface area contributed by atoms with Gasteiger partial charge >= 0.3 is 0 Å². The van der Waals surface area contributed by atoms with Gasteiger partial charge in [-0.3, -0.25) is 4.79 Å². The first kappa shape index (κ1) is 23.0. The second-order valence-electron chi connectivity index (χ2n) is 8.89. The lowest BCUT2D eigenvalue weighted by Gasteiger charge is -2.37. The van der Waals surface area contributed by atoms with E-state index in [4.69, 9.17) is 18.9 Å². The standard InChI is InChI=1S/C25H30N4O4S/c1-19-4-6-20(7-5-19)17-22-26-24(34-27-22)29(18-21-3-2-14-31-21)11-8-23(30)28-12-9-25(10-13-28)32-15-16-33-25/h2-7,14H,8-13,15-18H2,1H3. The smallest absolute Gasteiger partial charge is 0.224 e. The van der Waals surface area contributed by atoms with Crippen molar-refractivity contribution >= 4 is 22.6 Å². The minimum Gasteiger partial charge on any atom is -0.467 e. The maximum atomic E-state index is 13.0. The molecule has 9 heteroatoms. The Morgan fingerprint density at radius 1 is 1.15 bits per heavy atom. The molecule has 0 unspecified atom stereocenters. The molecule has 0 saturated carbocycles. The number of aromatic nitrogens is 2. The second kappa shape index (κ2) is 10.2. The fraction of sp³-hybridized carbons (Fsp3) is 0.480. The average Bonchev–Trinajstić information content (AvgIpc) is 3.62. The monoisotopic (exact) mass is 482 g/mol. The van der Waals surface area contributed by atoms with E-state index >= 15 is 0 Å². The molecule has 0 radical (unpaired) electrons. The lowest BCUT2D eigenvalue weighted by Crippen LogP contribution is -2.47. The van der Waals surface area contributed by atoms with Gasteiger partial charge in [0.15, 0.2) is 5.79 Å². The molecule has 2 saturated heterocycles. The van der Waals surface area contributed by atoms with E-state index in [0.29, 0.717) is 52.2 Å². The highest BCUT2D eigenvalue weighted by atomic mass is 32.1. The average molecular weight is 483 g/mol. The lowest BCUT2D eigenvalue weighted by atomic mass is 10.0.